The summed E-state index contributed by atoms with van der Waals surface area (Å²) in [5.41, 5.74) is 5.44. The minimum absolute atomic E-state index is 0.214. The number of nitrogens with zero attached hydrogens (tertiary/aromatic N) is 1. The van der Waals surface area contributed by atoms with Crippen molar-refractivity contribution in [3.05, 3.63) is 106 Å². The van der Waals surface area contributed by atoms with Crippen molar-refractivity contribution in [1.82, 2.24) is 0 Å². The molecule has 1 unspecified atom stereocenters. The average Bonchev–Trinajstić information content (AvgIpc) is 3.00. The van der Waals surface area contributed by atoms with Crippen LogP contribution in [0.3, 0.4) is 0 Å². The van der Waals surface area contributed by atoms with Crippen molar-refractivity contribution in [2.75, 3.05) is 4.90 Å². The Bertz CT molecular complexity index is 1070. The van der Waals surface area contributed by atoms with Gasteiger partial charge in [0.25, 0.3) is 5.91 Å². The van der Waals surface area contributed by atoms with Gasteiger partial charge in [-0.25, -0.2) is 0 Å². The van der Waals surface area contributed by atoms with Crippen LogP contribution in [0.4, 0.5) is 5.69 Å². The molecule has 0 saturated carbocycles. The van der Waals surface area contributed by atoms with Crippen LogP contribution >= 0.6 is 11.6 Å². The lowest BCUT2D eigenvalue weighted by Gasteiger charge is -2.27. The molecule has 4 heteroatoms. The second kappa shape index (κ2) is 7.76. The molecular formula is C25H22ClNO2. The van der Waals surface area contributed by atoms with Gasteiger partial charge in [0.2, 0.25) is 0 Å². The lowest BCUT2D eigenvalue weighted by Crippen LogP contribution is -2.30. The van der Waals surface area contributed by atoms with Crippen LogP contribution in [-0.2, 0) is 11.2 Å². The van der Waals surface area contributed by atoms with Crippen LogP contribution in [0.15, 0.2) is 78.6 Å². The third-order valence-electron chi connectivity index (χ3n) is 5.38. The highest BCUT2D eigenvalue weighted by Gasteiger charge is 2.41. The van der Waals surface area contributed by atoms with E-state index in [1.165, 1.54) is 5.56 Å². The molecule has 0 bridgehead atoms. The van der Waals surface area contributed by atoms with Gasteiger partial charge in [-0.15, -0.1) is 0 Å². The van der Waals surface area contributed by atoms with E-state index in [4.69, 9.17) is 11.6 Å². The summed E-state index contributed by atoms with van der Waals surface area (Å²) >= 11 is 6.05. The number of carbonyl (C=O) groups is 1. The maximum atomic E-state index is 13.1. The molecule has 1 N–H and O–H groups in total. The van der Waals surface area contributed by atoms with Crippen LogP contribution in [0.5, 0.6) is 0 Å². The standard InChI is InChI=1S/C25H22ClNO2/c1-3-17-6-10-19(11-7-17)23-22(18-8-4-16(2)5-9-18)24(28)25(29)27(23)21-14-12-20(26)13-15-21/h4-15,23,28H,3H2,1-2H3. The fourth-order valence-electron chi connectivity index (χ4n) is 3.75. The normalized spacial score (nSPS) is 16.6. The van der Waals surface area contributed by atoms with E-state index >= 15 is 0 Å². The summed E-state index contributed by atoms with van der Waals surface area (Å²) in [6.45, 7) is 4.12. The van der Waals surface area contributed by atoms with Crippen LogP contribution in [0.1, 0.15) is 35.2 Å². The van der Waals surface area contributed by atoms with E-state index in [0.29, 0.717) is 16.3 Å². The van der Waals surface area contributed by atoms with E-state index in [9.17, 15) is 9.90 Å². The molecule has 0 aromatic heterocycles. The van der Waals surface area contributed by atoms with Gasteiger partial charge in [0.1, 0.15) is 0 Å². The van der Waals surface area contributed by atoms with Crippen molar-refractivity contribution in [1.29, 1.82) is 0 Å². The predicted molar refractivity (Wildman–Crippen MR) is 118 cm³/mol. The Hall–Kier alpha value is -3.04. The Morgan fingerprint density at radius 1 is 0.931 bits per heavy atom. The maximum Gasteiger partial charge on any atom is 0.294 e. The highest BCUT2D eigenvalue weighted by Crippen LogP contribution is 2.45. The smallest absolute Gasteiger partial charge is 0.294 e. The van der Waals surface area contributed by atoms with Crippen molar-refractivity contribution in [2.45, 2.75) is 26.3 Å². The fourth-order valence-corrected chi connectivity index (χ4v) is 3.88. The molecular weight excluding hydrogens is 382 g/mol. The van der Waals surface area contributed by atoms with Crippen molar-refractivity contribution in [2.24, 2.45) is 0 Å². The molecule has 1 aliphatic heterocycles. The minimum Gasteiger partial charge on any atom is -0.503 e. The Labute approximate surface area is 175 Å². The summed E-state index contributed by atoms with van der Waals surface area (Å²) in [5.74, 6) is -0.624. The first-order valence-corrected chi connectivity index (χ1v) is 10.1. The number of anilines is 1. The molecule has 0 fully saturated rings. The van der Waals surface area contributed by atoms with Crippen molar-refractivity contribution >= 4 is 28.8 Å². The molecule has 1 heterocycles. The van der Waals surface area contributed by atoms with E-state index < -0.39 is 11.9 Å². The molecule has 0 aliphatic carbocycles. The largest absolute Gasteiger partial charge is 0.503 e. The molecule has 0 spiro atoms. The van der Waals surface area contributed by atoms with Gasteiger partial charge in [0, 0.05) is 16.3 Å². The Morgan fingerprint density at radius 3 is 2.14 bits per heavy atom. The topological polar surface area (TPSA) is 40.5 Å². The molecule has 4 rings (SSSR count). The van der Waals surface area contributed by atoms with Crippen LogP contribution in [0, 0.1) is 6.92 Å². The first-order valence-electron chi connectivity index (χ1n) is 9.67. The number of aliphatic hydroxyl groups excluding tert-OH is 1. The van der Waals surface area contributed by atoms with Gasteiger partial charge in [0.05, 0.1) is 6.04 Å². The van der Waals surface area contributed by atoms with Gasteiger partial charge in [0.15, 0.2) is 5.76 Å². The van der Waals surface area contributed by atoms with Gasteiger partial charge in [-0.05, 0) is 54.3 Å². The zero-order valence-electron chi connectivity index (χ0n) is 16.4. The quantitative estimate of drug-likeness (QED) is 0.557. The maximum absolute atomic E-state index is 13.1. The summed E-state index contributed by atoms with van der Waals surface area (Å²) in [6.07, 6.45) is 0.941. The first kappa shape index (κ1) is 19.3. The minimum atomic E-state index is -0.419. The average molecular weight is 404 g/mol. The van der Waals surface area contributed by atoms with E-state index in [2.05, 4.69) is 19.1 Å². The SMILES string of the molecule is CCc1ccc(C2C(c3ccc(C)cc3)=C(O)C(=O)N2c2ccc(Cl)cc2)cc1. The zero-order valence-corrected chi connectivity index (χ0v) is 17.1. The summed E-state index contributed by atoms with van der Waals surface area (Å²) in [6, 6.07) is 22.8. The second-order valence-electron chi connectivity index (χ2n) is 7.28. The molecule has 3 nitrogen and oxygen atoms in total. The van der Waals surface area contributed by atoms with Gasteiger partial charge < -0.3 is 5.11 Å². The first-order chi connectivity index (χ1) is 14.0. The van der Waals surface area contributed by atoms with Gasteiger partial charge in [-0.1, -0.05) is 72.6 Å². The number of rotatable bonds is 4. The van der Waals surface area contributed by atoms with E-state index in [1.807, 2.05) is 43.3 Å². The van der Waals surface area contributed by atoms with Gasteiger partial charge in [-0.3, -0.25) is 9.69 Å². The van der Waals surface area contributed by atoms with Gasteiger partial charge >= 0.3 is 0 Å². The third-order valence-corrected chi connectivity index (χ3v) is 5.63. The third kappa shape index (κ3) is 3.54. The number of carbonyl (C=O) groups excluding carboxylic acids is 1. The van der Waals surface area contributed by atoms with Crippen LogP contribution in [0.25, 0.3) is 5.57 Å². The molecule has 1 amide bonds. The highest BCUT2D eigenvalue weighted by atomic mass is 35.5. The molecule has 146 valence electrons. The van der Waals surface area contributed by atoms with Crippen molar-refractivity contribution in [3.8, 4) is 0 Å². The second-order valence-corrected chi connectivity index (χ2v) is 7.71. The molecule has 29 heavy (non-hydrogen) atoms. The van der Waals surface area contributed by atoms with E-state index in [0.717, 1.165) is 23.1 Å². The molecule has 0 saturated heterocycles. The fraction of sp³-hybridized carbons (Fsp3) is 0.160. The Kier molecular flexibility index (Phi) is 5.16. The highest BCUT2D eigenvalue weighted by molar-refractivity contribution is 6.30. The number of benzene rings is 3. The predicted octanol–water partition coefficient (Wildman–Crippen LogP) is 6.27. The van der Waals surface area contributed by atoms with E-state index in [-0.39, 0.29) is 5.76 Å². The Balaban J connectivity index is 1.88. The zero-order chi connectivity index (χ0) is 20.5. The Morgan fingerprint density at radius 2 is 1.55 bits per heavy atom. The molecule has 0 radical (unpaired) electrons. The van der Waals surface area contributed by atoms with Crippen LogP contribution < -0.4 is 4.90 Å². The molecule has 1 atom stereocenters. The number of hydrogen-bond donors (Lipinski definition) is 1. The summed E-state index contributed by atoms with van der Waals surface area (Å²) in [4.78, 5) is 14.8. The lowest BCUT2D eigenvalue weighted by atomic mass is 9.92. The molecule has 3 aromatic rings. The van der Waals surface area contributed by atoms with Crippen molar-refractivity contribution in [3.63, 3.8) is 0 Å². The monoisotopic (exact) mass is 403 g/mol. The summed E-state index contributed by atoms with van der Waals surface area (Å²) < 4.78 is 0. The molecule has 3 aromatic carbocycles. The van der Waals surface area contributed by atoms with E-state index in [1.54, 1.807) is 29.2 Å². The van der Waals surface area contributed by atoms with Crippen LogP contribution in [0.2, 0.25) is 5.02 Å². The lowest BCUT2D eigenvalue weighted by molar-refractivity contribution is -0.117. The number of hydrogen-bond acceptors (Lipinski definition) is 2. The summed E-state index contributed by atoms with van der Waals surface area (Å²) in [7, 11) is 0. The summed E-state index contributed by atoms with van der Waals surface area (Å²) in [5, 5.41) is 11.5. The number of amides is 1. The number of halogens is 1. The van der Waals surface area contributed by atoms with Crippen LogP contribution in [-0.4, -0.2) is 11.0 Å². The van der Waals surface area contributed by atoms with Crippen molar-refractivity contribution < 1.29 is 9.90 Å². The number of aryl methyl sites for hydroxylation is 2. The molecule has 1 aliphatic rings. The number of aliphatic hydroxyl groups is 1. The van der Waals surface area contributed by atoms with Gasteiger partial charge in [-0.2, -0.15) is 0 Å².